The van der Waals surface area contributed by atoms with Crippen molar-refractivity contribution in [2.24, 2.45) is 0 Å². The van der Waals surface area contributed by atoms with Gasteiger partial charge in [-0.3, -0.25) is 4.79 Å². The number of rotatable bonds is 0. The molecule has 0 saturated carbocycles. The second-order valence-electron chi connectivity index (χ2n) is 3.19. The molecule has 1 aliphatic heterocycles. The minimum atomic E-state index is 0.202. The van der Waals surface area contributed by atoms with Gasteiger partial charge in [-0.2, -0.15) is 0 Å². The fourth-order valence-electron chi connectivity index (χ4n) is 1.58. The highest BCUT2D eigenvalue weighted by Gasteiger charge is 2.18. The number of anilines is 1. The lowest BCUT2D eigenvalue weighted by Crippen LogP contribution is -2.18. The zero-order valence-electron chi connectivity index (χ0n) is 7.36. The lowest BCUT2D eigenvalue weighted by molar-refractivity contribution is 0.0983. The Labute approximate surface area is 81.9 Å². The molecule has 0 saturated heterocycles. The van der Waals surface area contributed by atoms with E-state index in [1.54, 1.807) is 12.1 Å². The summed E-state index contributed by atoms with van der Waals surface area (Å²) in [6, 6.07) is 3.57. The molecule has 0 amide bonds. The third kappa shape index (κ3) is 1.31. The smallest absolute Gasteiger partial charge is 0.166 e. The molecule has 0 aromatic heterocycles. The predicted octanol–water partition coefficient (Wildman–Crippen LogP) is 2.65. The minimum Gasteiger partial charge on any atom is -0.384 e. The molecule has 13 heavy (non-hydrogen) atoms. The average Bonchev–Trinajstić information content (AvgIpc) is 2.12. The molecule has 1 aromatic carbocycles. The number of carbonyl (C=O) groups excluding carboxylic acids is 1. The first kappa shape index (κ1) is 8.57. The molecule has 68 valence electrons. The van der Waals surface area contributed by atoms with Crippen LogP contribution in [0.25, 0.3) is 0 Å². The second kappa shape index (κ2) is 3.04. The highest BCUT2D eigenvalue weighted by atomic mass is 35.5. The Balaban J connectivity index is 2.63. The zero-order chi connectivity index (χ0) is 9.42. The third-order valence-corrected chi connectivity index (χ3v) is 2.76. The number of hydrogen-bond donors (Lipinski definition) is 1. The van der Waals surface area contributed by atoms with Crippen molar-refractivity contribution in [2.75, 3.05) is 11.9 Å². The Morgan fingerprint density at radius 1 is 1.46 bits per heavy atom. The number of nitrogens with one attached hydrogen (secondary N) is 1. The molecule has 0 atom stereocenters. The average molecular weight is 196 g/mol. The molecule has 0 fully saturated rings. The summed E-state index contributed by atoms with van der Waals surface area (Å²) in [5.41, 5.74) is 2.64. The first-order chi connectivity index (χ1) is 6.20. The molecule has 1 heterocycles. The van der Waals surface area contributed by atoms with Gasteiger partial charge in [0, 0.05) is 29.2 Å². The Hall–Kier alpha value is -1.02. The van der Waals surface area contributed by atoms with E-state index in [0.717, 1.165) is 16.8 Å². The van der Waals surface area contributed by atoms with Crippen molar-refractivity contribution in [3.05, 3.63) is 28.3 Å². The molecule has 1 aliphatic rings. The van der Waals surface area contributed by atoms with Crippen molar-refractivity contribution in [1.82, 2.24) is 0 Å². The van der Waals surface area contributed by atoms with Gasteiger partial charge in [-0.15, -0.1) is 0 Å². The number of halogens is 1. The van der Waals surface area contributed by atoms with E-state index < -0.39 is 0 Å². The number of fused-ring (bicyclic) bond motifs is 1. The van der Waals surface area contributed by atoms with Crippen molar-refractivity contribution in [3.63, 3.8) is 0 Å². The largest absolute Gasteiger partial charge is 0.384 e. The zero-order valence-corrected chi connectivity index (χ0v) is 8.11. The van der Waals surface area contributed by atoms with Crippen LogP contribution in [0.5, 0.6) is 0 Å². The van der Waals surface area contributed by atoms with E-state index in [1.807, 2.05) is 6.92 Å². The fraction of sp³-hybridized carbons (Fsp3) is 0.300. The molecule has 0 unspecified atom stereocenters. The van der Waals surface area contributed by atoms with Crippen LogP contribution in [0.3, 0.4) is 0 Å². The van der Waals surface area contributed by atoms with E-state index in [9.17, 15) is 4.79 Å². The molecule has 3 heteroatoms. The Morgan fingerprint density at radius 2 is 2.23 bits per heavy atom. The van der Waals surface area contributed by atoms with E-state index in [2.05, 4.69) is 5.32 Å². The molecular weight excluding hydrogens is 186 g/mol. The summed E-state index contributed by atoms with van der Waals surface area (Å²) in [5, 5.41) is 3.91. The van der Waals surface area contributed by atoms with Crippen LogP contribution in [0.4, 0.5) is 5.69 Å². The fourth-order valence-corrected chi connectivity index (χ4v) is 1.74. The van der Waals surface area contributed by atoms with Crippen molar-refractivity contribution >= 4 is 23.1 Å². The summed E-state index contributed by atoms with van der Waals surface area (Å²) in [5.74, 6) is 0.202. The van der Waals surface area contributed by atoms with E-state index >= 15 is 0 Å². The topological polar surface area (TPSA) is 29.1 Å². The van der Waals surface area contributed by atoms with Crippen LogP contribution in [0.15, 0.2) is 12.1 Å². The molecule has 0 bridgehead atoms. The standard InChI is InChI=1S/C10H10ClNO/c1-6-8(11)3-2-7-9(13)4-5-12-10(6)7/h2-3,12H,4-5H2,1H3. The van der Waals surface area contributed by atoms with Crippen LogP contribution in [-0.4, -0.2) is 12.3 Å². The lowest BCUT2D eigenvalue weighted by Gasteiger charge is -2.19. The highest BCUT2D eigenvalue weighted by molar-refractivity contribution is 6.32. The molecular formula is C10H10ClNO. The normalized spacial score (nSPS) is 15.1. The van der Waals surface area contributed by atoms with Gasteiger partial charge in [-0.05, 0) is 24.6 Å². The van der Waals surface area contributed by atoms with Gasteiger partial charge in [-0.1, -0.05) is 11.6 Å². The van der Waals surface area contributed by atoms with Gasteiger partial charge in [-0.25, -0.2) is 0 Å². The summed E-state index contributed by atoms with van der Waals surface area (Å²) in [6.45, 7) is 2.64. The van der Waals surface area contributed by atoms with Crippen molar-refractivity contribution < 1.29 is 4.79 Å². The van der Waals surface area contributed by atoms with Gasteiger partial charge in [0.2, 0.25) is 0 Å². The van der Waals surface area contributed by atoms with E-state index in [-0.39, 0.29) is 5.78 Å². The Kier molecular flexibility index (Phi) is 2.00. The van der Waals surface area contributed by atoms with Crippen LogP contribution >= 0.6 is 11.6 Å². The second-order valence-corrected chi connectivity index (χ2v) is 3.60. The van der Waals surface area contributed by atoms with Gasteiger partial charge in [0.05, 0.1) is 0 Å². The van der Waals surface area contributed by atoms with Crippen molar-refractivity contribution in [3.8, 4) is 0 Å². The number of benzene rings is 1. The molecule has 1 N–H and O–H groups in total. The summed E-state index contributed by atoms with van der Waals surface area (Å²) < 4.78 is 0. The Morgan fingerprint density at radius 3 is 3.00 bits per heavy atom. The van der Waals surface area contributed by atoms with Crippen molar-refractivity contribution in [1.29, 1.82) is 0 Å². The maximum Gasteiger partial charge on any atom is 0.166 e. The van der Waals surface area contributed by atoms with Crippen LogP contribution in [0.2, 0.25) is 5.02 Å². The van der Waals surface area contributed by atoms with Gasteiger partial charge < -0.3 is 5.32 Å². The summed E-state index contributed by atoms with van der Waals surface area (Å²) in [7, 11) is 0. The number of hydrogen-bond acceptors (Lipinski definition) is 2. The molecule has 0 radical (unpaired) electrons. The van der Waals surface area contributed by atoms with Crippen molar-refractivity contribution in [2.45, 2.75) is 13.3 Å². The van der Waals surface area contributed by atoms with E-state index in [4.69, 9.17) is 11.6 Å². The predicted molar refractivity (Wildman–Crippen MR) is 53.6 cm³/mol. The van der Waals surface area contributed by atoms with Gasteiger partial charge in [0.1, 0.15) is 0 Å². The highest BCUT2D eigenvalue weighted by Crippen LogP contribution is 2.30. The summed E-state index contributed by atoms with van der Waals surface area (Å²) in [4.78, 5) is 11.5. The van der Waals surface area contributed by atoms with E-state index in [0.29, 0.717) is 18.0 Å². The first-order valence-electron chi connectivity index (χ1n) is 4.26. The van der Waals surface area contributed by atoms with Gasteiger partial charge in [0.15, 0.2) is 5.78 Å². The Bertz CT molecular complexity index is 373. The van der Waals surface area contributed by atoms with E-state index in [1.165, 1.54) is 0 Å². The monoisotopic (exact) mass is 195 g/mol. The maximum atomic E-state index is 11.5. The number of Topliss-reactive ketones (excluding diaryl/α,β-unsaturated/α-hetero) is 1. The molecule has 2 rings (SSSR count). The minimum absolute atomic E-state index is 0.202. The van der Waals surface area contributed by atoms with Crippen LogP contribution in [-0.2, 0) is 0 Å². The van der Waals surface area contributed by atoms with Gasteiger partial charge in [0.25, 0.3) is 0 Å². The summed E-state index contributed by atoms with van der Waals surface area (Å²) >= 11 is 5.94. The van der Waals surface area contributed by atoms with Crippen LogP contribution in [0.1, 0.15) is 22.3 Å². The summed E-state index contributed by atoms with van der Waals surface area (Å²) in [6.07, 6.45) is 0.577. The van der Waals surface area contributed by atoms with Crippen LogP contribution in [0, 0.1) is 6.92 Å². The van der Waals surface area contributed by atoms with Gasteiger partial charge >= 0.3 is 0 Å². The molecule has 1 aromatic rings. The molecule has 2 nitrogen and oxygen atoms in total. The van der Waals surface area contributed by atoms with Crippen LogP contribution < -0.4 is 5.32 Å². The molecule has 0 aliphatic carbocycles. The quantitative estimate of drug-likeness (QED) is 0.690. The number of carbonyl (C=O) groups is 1. The number of ketones is 1. The lowest BCUT2D eigenvalue weighted by atomic mass is 9.99. The first-order valence-corrected chi connectivity index (χ1v) is 4.64. The SMILES string of the molecule is Cc1c(Cl)ccc2c1NCCC2=O. The third-order valence-electron chi connectivity index (χ3n) is 2.35. The maximum absolute atomic E-state index is 11.5. The molecule has 0 spiro atoms.